The molecule has 756 valence electrons. The van der Waals surface area contributed by atoms with Crippen molar-refractivity contribution in [1.29, 1.82) is 0 Å². The van der Waals surface area contributed by atoms with E-state index in [0.717, 1.165) is 111 Å². The number of aryl methyl sites for hydroxylation is 8. The largest absolute Gasteiger partial charge is 0.485 e. The number of carbonyl (C=O) groups excluding carboxylic acids is 3. The Hall–Kier alpha value is -9.71. The van der Waals surface area contributed by atoms with Crippen LogP contribution in [-0.2, 0) is 80.7 Å². The molecule has 0 aliphatic rings. The summed E-state index contributed by atoms with van der Waals surface area (Å²) in [6.07, 6.45) is 4.50. The van der Waals surface area contributed by atoms with Crippen molar-refractivity contribution < 1.29 is 52.7 Å². The lowest BCUT2D eigenvalue weighted by atomic mass is 10.1. The van der Waals surface area contributed by atoms with E-state index in [-0.39, 0.29) is 17.9 Å². The molecule has 0 bridgehead atoms. The van der Waals surface area contributed by atoms with Crippen LogP contribution in [0, 0.1) is 61.2 Å². The third-order valence-corrected chi connectivity index (χ3v) is 17.2. The van der Waals surface area contributed by atoms with Crippen molar-refractivity contribution in [2.75, 3.05) is 61.4 Å². The predicted molar refractivity (Wildman–Crippen MR) is 564 cm³/mol. The van der Waals surface area contributed by atoms with Crippen LogP contribution in [0.5, 0.6) is 5.75 Å². The van der Waals surface area contributed by atoms with Gasteiger partial charge in [-0.3, -0.25) is 4.79 Å². The number of nitrogens with zero attached hydrogens (tertiary/aromatic N) is 13. The molecule has 1 atom stereocenters. The molecule has 0 radical (unpaired) electrons. The monoisotopic (exact) mass is 1940 g/mol. The van der Waals surface area contributed by atoms with Gasteiger partial charge in [0.2, 0.25) is 0 Å². The Balaban J connectivity index is -0.000000159. The first kappa shape index (κ1) is 144. The van der Waals surface area contributed by atoms with E-state index in [1.165, 1.54) is 46.1 Å². The van der Waals surface area contributed by atoms with E-state index >= 15 is 0 Å². The lowest BCUT2D eigenvalue weighted by Gasteiger charge is -2.10. The number of amides is 1. The molecule has 28 heteroatoms. The molecule has 0 spiro atoms. The van der Waals surface area contributed by atoms with E-state index in [2.05, 4.69) is 195 Å². The molecular formula is C105H181BrFN15O10S. The van der Waals surface area contributed by atoms with Crippen molar-refractivity contribution in [3.63, 3.8) is 0 Å². The minimum atomic E-state index is -0.481. The fraction of sp³-hybridized carbons (Fsp3) is 0.533. The van der Waals surface area contributed by atoms with E-state index in [4.69, 9.17) is 24.2 Å². The normalized spacial score (nSPS) is 9.15. The number of carbonyl (C=O) groups is 1. The molecule has 11 rings (SSSR count). The van der Waals surface area contributed by atoms with Crippen molar-refractivity contribution in [3.8, 4) is 11.4 Å². The van der Waals surface area contributed by atoms with Gasteiger partial charge in [-0.05, 0) is 147 Å². The number of methoxy groups -OCH3 is 4. The molecule has 5 aromatic carbocycles. The number of aliphatic hydroxyl groups is 2. The van der Waals surface area contributed by atoms with Gasteiger partial charge < -0.3 is 44.5 Å². The highest BCUT2D eigenvalue weighted by Gasteiger charge is 2.14. The highest BCUT2D eigenvalue weighted by atomic mass is 79.9. The van der Waals surface area contributed by atoms with E-state index < -0.39 is 12.2 Å². The van der Waals surface area contributed by atoms with Crippen molar-refractivity contribution >= 4 is 50.2 Å². The zero-order valence-electron chi connectivity index (χ0n) is 89.8. The van der Waals surface area contributed by atoms with Crippen LogP contribution < -0.4 is 15.4 Å². The van der Waals surface area contributed by atoms with Crippen molar-refractivity contribution in [2.45, 2.75) is 320 Å². The molecular weight excluding hydrogens is 1760 g/mol. The molecule has 6 aromatic heterocycles. The first-order valence-electron chi connectivity index (χ1n) is 47.5. The SMILES string of the molecule is C=CCOC.CC.CC.CC.CC.CC.CC.CC.CC.CC.CC.CC.CCC.CCc1ccc(-n2nnc(C)c2C)cc1.CCc1ccc(C)cc1.CCn1nnc(CNC(=O)c2cccs2)c1C.CCn1nnc(COc2cccc3ccc(C)nc23)c1C.COCC(O)CNCc1ccccc1.COCC(O)COC.Cc1nnn(Cc2ccc(Br)cc2F)c1C.O=C=O. The number of ether oxygens (including phenoxy) is 5. The maximum atomic E-state index is 13.6. The minimum absolute atomic E-state index is 0.0644. The number of para-hydroxylation sites is 1. The van der Waals surface area contributed by atoms with Gasteiger partial charge in [-0.15, -0.1) is 38.3 Å². The van der Waals surface area contributed by atoms with Crippen LogP contribution in [0.15, 0.2) is 162 Å². The maximum Gasteiger partial charge on any atom is 0.373 e. The second kappa shape index (κ2) is 104. The lowest BCUT2D eigenvalue weighted by molar-refractivity contribution is -0.191. The molecule has 4 N–H and O–H groups in total. The molecule has 133 heavy (non-hydrogen) atoms. The van der Waals surface area contributed by atoms with Gasteiger partial charge in [0.05, 0.1) is 90.3 Å². The van der Waals surface area contributed by atoms with Gasteiger partial charge in [0.25, 0.3) is 5.91 Å². The molecule has 0 fully saturated rings. The minimum Gasteiger partial charge on any atom is -0.485 e. The van der Waals surface area contributed by atoms with Gasteiger partial charge in [-0.1, -0.05) is 332 Å². The predicted octanol–water partition coefficient (Wildman–Crippen LogP) is 25.9. The van der Waals surface area contributed by atoms with E-state index in [1.807, 2.05) is 289 Å². The molecule has 1 unspecified atom stereocenters. The summed E-state index contributed by atoms with van der Waals surface area (Å²) in [7, 11) is 6.31. The van der Waals surface area contributed by atoms with Crippen LogP contribution in [0.2, 0.25) is 0 Å². The lowest BCUT2D eigenvalue weighted by Crippen LogP contribution is -2.29. The Kier molecular flexibility index (Phi) is 113. The molecule has 25 nitrogen and oxygen atoms in total. The van der Waals surface area contributed by atoms with Gasteiger partial charge in [0, 0.05) is 75.7 Å². The third-order valence-electron chi connectivity index (χ3n) is 15.8. The first-order valence-corrected chi connectivity index (χ1v) is 49.2. The number of hydrogen-bond acceptors (Lipinski definition) is 21. The third kappa shape index (κ3) is 68.9. The number of hydrogen-bond donors (Lipinski definition) is 4. The molecule has 0 saturated heterocycles. The second-order valence-electron chi connectivity index (χ2n) is 24.6. The van der Waals surface area contributed by atoms with Gasteiger partial charge >= 0.3 is 6.15 Å². The number of aliphatic hydroxyl groups excluding tert-OH is 2. The van der Waals surface area contributed by atoms with Crippen LogP contribution >= 0.6 is 27.3 Å². The molecule has 11 aromatic rings. The summed E-state index contributed by atoms with van der Waals surface area (Å²) in [4.78, 5) is 33.2. The van der Waals surface area contributed by atoms with E-state index in [9.17, 15) is 14.3 Å². The highest BCUT2D eigenvalue weighted by Crippen LogP contribution is 2.25. The fourth-order valence-corrected chi connectivity index (χ4v) is 10.3. The summed E-state index contributed by atoms with van der Waals surface area (Å²) in [6, 6.07) is 45.9. The van der Waals surface area contributed by atoms with Gasteiger partial charge in [0.1, 0.15) is 41.2 Å². The fourth-order valence-electron chi connectivity index (χ4n) is 9.37. The number of benzene rings is 5. The van der Waals surface area contributed by atoms with Gasteiger partial charge in [-0.2, -0.15) is 9.59 Å². The zero-order valence-corrected chi connectivity index (χ0v) is 92.2. The smallest absolute Gasteiger partial charge is 0.373 e. The standard InChI is InChI=1S/C16H18N4O.C12H15N3.C11H11BrFN3.C11H14N4OS.C11H17NO2.C9H12.C5H12O3.C4H8O.C3H8.11C2H6.CO2/c1-4-20-12(3)14(18-19-20)10-21-15-7-5-6-13-9-8-11(2)17-16(13)15;1-4-11-5-7-12(8-6-11)15-10(3)9(2)13-14-15;1-7-8(2)16(15-14-7)6-9-3-4-10(12)5-11(9)13;1-3-15-8(2)9(13-14-15)7-12-11(16)10-5-4-6-17-10;1-14-9-11(13)8-12-7-10-5-3-2-4-6-10;1-3-9-6-4-8(2)5-7-9;1-7-3-5(6)4-8-2;1-3-4-5-2;1-3-2;11*1-2;2-1-3/h5-9H,4,10H2,1-3H3;5-8H,4H2,1-3H3;3-5H,6H2,1-2H3;4-6H,3,7H2,1-2H3,(H,12,16);2-6,11-13H,7-9H2,1H3;4-7H,3H2,1-2H3;5-6H,3-4H2,1-2H3;3H,1,4H2,2H3;3H2,1-2H3;11*1-2H3;. The van der Waals surface area contributed by atoms with Crippen molar-refractivity contribution in [2.24, 2.45) is 0 Å². The molecule has 6 heterocycles. The summed E-state index contributed by atoms with van der Waals surface area (Å²) < 4.78 is 46.1. The Morgan fingerprint density at radius 2 is 0.985 bits per heavy atom. The van der Waals surface area contributed by atoms with Crippen LogP contribution in [0.3, 0.4) is 0 Å². The molecule has 1 amide bonds. The number of pyridine rings is 1. The van der Waals surface area contributed by atoms with Crippen molar-refractivity contribution in [3.05, 3.63) is 252 Å². The average molecular weight is 1940 g/mol. The zero-order chi connectivity index (χ0) is 104. The number of aromatic nitrogens is 13. The number of thiophene rings is 1. The molecule has 0 aliphatic carbocycles. The Morgan fingerprint density at radius 3 is 1.40 bits per heavy atom. The Morgan fingerprint density at radius 1 is 0.519 bits per heavy atom. The summed E-state index contributed by atoms with van der Waals surface area (Å²) in [5.74, 6) is 0.481. The quantitative estimate of drug-likeness (QED) is 0.0387. The maximum absolute atomic E-state index is 13.6. The van der Waals surface area contributed by atoms with Crippen LogP contribution in [0.25, 0.3) is 16.6 Å². The average Bonchev–Trinajstić information content (AvgIpc) is 1.81. The summed E-state index contributed by atoms with van der Waals surface area (Å²) in [5.41, 5.74) is 16.5. The number of fused-ring (bicyclic) bond motifs is 1. The molecule has 0 aliphatic heterocycles. The molecule has 0 saturated carbocycles. The highest BCUT2D eigenvalue weighted by molar-refractivity contribution is 9.10. The van der Waals surface area contributed by atoms with Crippen molar-refractivity contribution in [1.82, 2.24) is 75.6 Å². The van der Waals surface area contributed by atoms with E-state index in [0.29, 0.717) is 63.1 Å². The topological polar surface area (TPSA) is 298 Å². The van der Waals surface area contributed by atoms with E-state index in [1.54, 1.807) is 51.3 Å². The summed E-state index contributed by atoms with van der Waals surface area (Å²) in [6.45, 7) is 81.8. The number of nitrogens with one attached hydrogen (secondary N) is 2. The summed E-state index contributed by atoms with van der Waals surface area (Å²) in [5, 5.41) is 59.4. The van der Waals surface area contributed by atoms with Gasteiger partial charge in [0.15, 0.2) is 0 Å². The van der Waals surface area contributed by atoms with Crippen LogP contribution in [0.4, 0.5) is 4.39 Å². The van der Waals surface area contributed by atoms with Gasteiger partial charge in [-0.25, -0.2) is 28.1 Å². The van der Waals surface area contributed by atoms with Crippen LogP contribution in [-0.4, -0.2) is 161 Å². The summed E-state index contributed by atoms with van der Waals surface area (Å²) >= 11 is 4.65. The van der Waals surface area contributed by atoms with Crippen LogP contribution in [0.1, 0.15) is 289 Å². The Bertz CT molecular complexity index is 4340. The number of rotatable bonds is 25. The Labute approximate surface area is 818 Å². The second-order valence-corrected chi connectivity index (χ2v) is 26.5. The first-order chi connectivity index (χ1) is 64.4. The number of halogens is 2.